The molecule has 21 heavy (non-hydrogen) atoms. The minimum atomic E-state index is -1.25. The number of carboxylic acids is 1. The lowest BCUT2D eigenvalue weighted by molar-refractivity contribution is -0.121. The predicted octanol–water partition coefficient (Wildman–Crippen LogP) is 1.16. The maximum Gasteiger partial charge on any atom is 0.371 e. The summed E-state index contributed by atoms with van der Waals surface area (Å²) in [4.78, 5) is 34.0. The molecule has 1 heterocycles. The van der Waals surface area contributed by atoms with Crippen molar-refractivity contribution in [3.05, 3.63) is 23.7 Å². The van der Waals surface area contributed by atoms with E-state index in [-0.39, 0.29) is 30.0 Å². The van der Waals surface area contributed by atoms with E-state index in [0.717, 1.165) is 25.7 Å². The van der Waals surface area contributed by atoms with Crippen LogP contribution in [0.4, 0.5) is 0 Å². The third-order valence-corrected chi connectivity index (χ3v) is 3.42. The van der Waals surface area contributed by atoms with Crippen molar-refractivity contribution in [2.24, 2.45) is 0 Å². The normalized spacial score (nSPS) is 15.4. The molecule has 1 aliphatic carbocycles. The summed E-state index contributed by atoms with van der Waals surface area (Å²) in [7, 11) is 0. The Bertz CT molecular complexity index is 531. The van der Waals surface area contributed by atoms with Gasteiger partial charge in [0.25, 0.3) is 5.91 Å². The second-order valence-electron chi connectivity index (χ2n) is 5.05. The van der Waals surface area contributed by atoms with Crippen LogP contribution in [0.1, 0.15) is 53.2 Å². The molecule has 0 radical (unpaired) electrons. The average Bonchev–Trinajstić information content (AvgIpc) is 2.96. The van der Waals surface area contributed by atoms with Gasteiger partial charge in [-0.2, -0.15) is 0 Å². The Labute approximate surface area is 121 Å². The zero-order chi connectivity index (χ0) is 15.2. The van der Waals surface area contributed by atoms with E-state index in [2.05, 4.69) is 10.6 Å². The molecule has 2 amide bonds. The van der Waals surface area contributed by atoms with E-state index in [1.807, 2.05) is 0 Å². The van der Waals surface area contributed by atoms with Crippen molar-refractivity contribution in [3.63, 3.8) is 0 Å². The molecule has 114 valence electrons. The summed E-state index contributed by atoms with van der Waals surface area (Å²) in [6.45, 7) is -0.154. The molecule has 0 spiro atoms. The fourth-order valence-corrected chi connectivity index (χ4v) is 2.35. The first-order chi connectivity index (χ1) is 10.1. The molecule has 3 N–H and O–H groups in total. The zero-order valence-electron chi connectivity index (χ0n) is 11.6. The largest absolute Gasteiger partial charge is 0.475 e. The number of nitrogens with one attached hydrogen (secondary N) is 2. The van der Waals surface area contributed by atoms with Gasteiger partial charge in [-0.25, -0.2) is 4.79 Å². The average molecular weight is 294 g/mol. The minimum Gasteiger partial charge on any atom is -0.475 e. The molecule has 1 aromatic rings. The third kappa shape index (κ3) is 4.34. The molecule has 2 rings (SSSR count). The first-order valence-electron chi connectivity index (χ1n) is 6.97. The molecule has 0 aliphatic heterocycles. The molecule has 1 fully saturated rings. The van der Waals surface area contributed by atoms with Crippen molar-refractivity contribution in [2.45, 2.75) is 38.1 Å². The van der Waals surface area contributed by atoms with Gasteiger partial charge >= 0.3 is 5.97 Å². The summed E-state index contributed by atoms with van der Waals surface area (Å²) in [5, 5.41) is 14.0. The van der Waals surface area contributed by atoms with Crippen molar-refractivity contribution in [2.75, 3.05) is 6.54 Å². The lowest BCUT2D eigenvalue weighted by Gasteiger charge is -2.22. The second-order valence-corrected chi connectivity index (χ2v) is 5.05. The summed E-state index contributed by atoms with van der Waals surface area (Å²) in [6.07, 6.45) is 5.37. The van der Waals surface area contributed by atoms with E-state index in [4.69, 9.17) is 9.52 Å². The highest BCUT2D eigenvalue weighted by atomic mass is 16.4. The lowest BCUT2D eigenvalue weighted by Crippen LogP contribution is -2.42. The second kappa shape index (κ2) is 6.92. The molecule has 0 atom stereocenters. The van der Waals surface area contributed by atoms with Crippen LogP contribution in [-0.2, 0) is 4.79 Å². The SMILES string of the molecule is O=C(CNC(=O)c1ccc(C(=O)O)o1)NC1CCCCC1. The van der Waals surface area contributed by atoms with Gasteiger partial charge in [-0.3, -0.25) is 9.59 Å². The number of carboxylic acid groups (broad SMARTS) is 1. The highest BCUT2D eigenvalue weighted by Crippen LogP contribution is 2.17. The molecule has 0 saturated heterocycles. The monoisotopic (exact) mass is 294 g/mol. The Morgan fingerprint density at radius 1 is 1.14 bits per heavy atom. The number of carbonyl (C=O) groups excluding carboxylic acids is 2. The molecule has 1 aromatic heterocycles. The van der Waals surface area contributed by atoms with E-state index in [1.165, 1.54) is 18.6 Å². The van der Waals surface area contributed by atoms with Gasteiger partial charge in [0, 0.05) is 6.04 Å². The number of rotatable bonds is 5. The topological polar surface area (TPSA) is 109 Å². The molecule has 0 bridgehead atoms. The Kier molecular flexibility index (Phi) is 4.97. The Morgan fingerprint density at radius 3 is 2.43 bits per heavy atom. The van der Waals surface area contributed by atoms with Crippen LogP contribution >= 0.6 is 0 Å². The highest BCUT2D eigenvalue weighted by molar-refractivity contribution is 5.95. The summed E-state index contributed by atoms with van der Waals surface area (Å²) in [5.74, 6) is -2.55. The minimum absolute atomic E-state index is 0.127. The number of amides is 2. The standard InChI is InChI=1S/C14H18N2O5/c17-12(16-9-4-2-1-3-5-9)8-15-13(18)10-6-7-11(21-10)14(19)20/h6-7,9H,1-5,8H2,(H,15,18)(H,16,17)(H,19,20). The van der Waals surface area contributed by atoms with Gasteiger partial charge in [-0.15, -0.1) is 0 Å². The van der Waals surface area contributed by atoms with Crippen molar-refractivity contribution in [3.8, 4) is 0 Å². The number of hydrogen-bond acceptors (Lipinski definition) is 4. The van der Waals surface area contributed by atoms with Crippen LogP contribution in [0.5, 0.6) is 0 Å². The zero-order valence-corrected chi connectivity index (χ0v) is 11.6. The third-order valence-electron chi connectivity index (χ3n) is 3.42. The van der Waals surface area contributed by atoms with E-state index in [0.29, 0.717) is 0 Å². The highest BCUT2D eigenvalue weighted by Gasteiger charge is 2.18. The summed E-state index contributed by atoms with van der Waals surface area (Å²) >= 11 is 0. The lowest BCUT2D eigenvalue weighted by atomic mass is 9.95. The van der Waals surface area contributed by atoms with Gasteiger partial charge in [-0.1, -0.05) is 19.3 Å². The van der Waals surface area contributed by atoms with Crippen molar-refractivity contribution in [1.29, 1.82) is 0 Å². The fourth-order valence-electron chi connectivity index (χ4n) is 2.35. The predicted molar refractivity (Wildman–Crippen MR) is 73.0 cm³/mol. The number of carbonyl (C=O) groups is 3. The van der Waals surface area contributed by atoms with E-state index in [9.17, 15) is 14.4 Å². The number of aromatic carboxylic acids is 1. The summed E-state index contributed by atoms with van der Waals surface area (Å²) in [6, 6.07) is 2.64. The van der Waals surface area contributed by atoms with Gasteiger partial charge in [0.05, 0.1) is 6.54 Å². The first-order valence-corrected chi connectivity index (χ1v) is 6.97. The van der Waals surface area contributed by atoms with E-state index >= 15 is 0 Å². The van der Waals surface area contributed by atoms with Crippen LogP contribution in [0.2, 0.25) is 0 Å². The van der Waals surface area contributed by atoms with Crippen LogP contribution in [0.15, 0.2) is 16.5 Å². The van der Waals surface area contributed by atoms with Crippen LogP contribution in [-0.4, -0.2) is 35.5 Å². The maximum absolute atomic E-state index is 11.7. The van der Waals surface area contributed by atoms with E-state index in [1.54, 1.807) is 0 Å². The van der Waals surface area contributed by atoms with Crippen LogP contribution < -0.4 is 10.6 Å². The van der Waals surface area contributed by atoms with Crippen LogP contribution in [0, 0.1) is 0 Å². The van der Waals surface area contributed by atoms with Crippen molar-refractivity contribution < 1.29 is 23.9 Å². The van der Waals surface area contributed by atoms with Gasteiger partial charge in [0.15, 0.2) is 5.76 Å². The molecule has 1 saturated carbocycles. The van der Waals surface area contributed by atoms with Crippen molar-refractivity contribution in [1.82, 2.24) is 10.6 Å². The first kappa shape index (κ1) is 15.1. The molecule has 0 unspecified atom stereocenters. The number of hydrogen-bond donors (Lipinski definition) is 3. The molecular formula is C14H18N2O5. The molecule has 1 aliphatic rings. The van der Waals surface area contributed by atoms with Gasteiger partial charge in [0.2, 0.25) is 11.7 Å². The smallest absolute Gasteiger partial charge is 0.371 e. The molecule has 0 aromatic carbocycles. The Morgan fingerprint density at radius 2 is 1.81 bits per heavy atom. The summed E-state index contributed by atoms with van der Waals surface area (Å²) < 4.78 is 4.85. The molecule has 7 nitrogen and oxygen atoms in total. The van der Waals surface area contributed by atoms with Crippen LogP contribution in [0.25, 0.3) is 0 Å². The molecule has 7 heteroatoms. The van der Waals surface area contributed by atoms with Crippen molar-refractivity contribution >= 4 is 17.8 Å². The van der Waals surface area contributed by atoms with Gasteiger partial charge < -0.3 is 20.2 Å². The quantitative estimate of drug-likeness (QED) is 0.755. The summed E-state index contributed by atoms with van der Waals surface area (Å²) in [5.41, 5.74) is 0. The van der Waals surface area contributed by atoms with E-state index < -0.39 is 11.9 Å². The maximum atomic E-state index is 11.7. The Hall–Kier alpha value is -2.31. The van der Waals surface area contributed by atoms with Gasteiger partial charge in [-0.05, 0) is 25.0 Å². The number of furan rings is 1. The fraction of sp³-hybridized carbons (Fsp3) is 0.500. The van der Waals surface area contributed by atoms with Gasteiger partial charge in [0.1, 0.15) is 0 Å². The Balaban J connectivity index is 1.77. The van der Waals surface area contributed by atoms with Crippen LogP contribution in [0.3, 0.4) is 0 Å². The molecular weight excluding hydrogens is 276 g/mol.